The predicted octanol–water partition coefficient (Wildman–Crippen LogP) is 4.28. The molecule has 4 aromatic rings. The number of pyridine rings is 1. The summed E-state index contributed by atoms with van der Waals surface area (Å²) in [5.74, 6) is 0.0275. The van der Waals surface area contributed by atoms with Crippen molar-refractivity contribution in [3.63, 3.8) is 0 Å². The van der Waals surface area contributed by atoms with Gasteiger partial charge in [-0.2, -0.15) is 0 Å². The fraction of sp³-hybridized carbons (Fsp3) is 0.304. The van der Waals surface area contributed by atoms with Gasteiger partial charge in [-0.15, -0.1) is 11.3 Å². The summed E-state index contributed by atoms with van der Waals surface area (Å²) in [4.78, 5) is 21.1. The highest BCUT2D eigenvalue weighted by atomic mass is 32.1. The summed E-state index contributed by atoms with van der Waals surface area (Å²) < 4.78 is 15.9. The summed E-state index contributed by atoms with van der Waals surface area (Å²) in [5.41, 5.74) is 3.30. The Hall–Kier alpha value is -2.77. The van der Waals surface area contributed by atoms with Gasteiger partial charge in [-0.05, 0) is 48.4 Å². The van der Waals surface area contributed by atoms with Gasteiger partial charge in [0.05, 0.1) is 4.88 Å². The van der Waals surface area contributed by atoms with Crippen LogP contribution in [0.1, 0.15) is 33.1 Å². The van der Waals surface area contributed by atoms with Gasteiger partial charge in [-0.25, -0.2) is 9.37 Å². The number of benzene rings is 1. The molecule has 0 aliphatic carbocycles. The van der Waals surface area contributed by atoms with Crippen LogP contribution in [0.3, 0.4) is 0 Å². The van der Waals surface area contributed by atoms with Crippen LogP contribution in [0.4, 0.5) is 4.39 Å². The third kappa shape index (κ3) is 3.18. The average Bonchev–Trinajstić information content (AvgIpc) is 3.43. The van der Waals surface area contributed by atoms with Crippen LogP contribution in [-0.4, -0.2) is 40.5 Å². The van der Waals surface area contributed by atoms with E-state index in [1.54, 1.807) is 19.3 Å². The third-order valence-electron chi connectivity index (χ3n) is 6.05. The van der Waals surface area contributed by atoms with E-state index in [4.69, 9.17) is 0 Å². The molecule has 1 atom stereocenters. The Balaban J connectivity index is 1.45. The largest absolute Gasteiger partial charge is 0.354 e. The highest BCUT2D eigenvalue weighted by Gasteiger charge is 2.31. The minimum Gasteiger partial charge on any atom is -0.354 e. The Bertz CT molecular complexity index is 1260. The Kier molecular flexibility index (Phi) is 4.79. The molecule has 1 aromatic carbocycles. The zero-order valence-electron chi connectivity index (χ0n) is 17.0. The molecule has 0 bridgehead atoms. The second kappa shape index (κ2) is 7.49. The molecule has 0 spiro atoms. The van der Waals surface area contributed by atoms with Crippen LogP contribution >= 0.6 is 11.3 Å². The molecule has 154 valence electrons. The quantitative estimate of drug-likeness (QED) is 0.534. The average molecular weight is 423 g/mol. The van der Waals surface area contributed by atoms with Crippen molar-refractivity contribution in [2.75, 3.05) is 20.1 Å². The molecule has 1 aliphatic rings. The number of rotatable bonds is 4. The number of nitrogens with one attached hydrogen (secondary N) is 1. The van der Waals surface area contributed by atoms with E-state index in [1.807, 2.05) is 19.2 Å². The van der Waals surface area contributed by atoms with E-state index in [9.17, 15) is 9.18 Å². The number of hydrogen-bond acceptors (Lipinski definition) is 4. The molecule has 1 saturated heterocycles. The van der Waals surface area contributed by atoms with Crippen LogP contribution < -0.4 is 5.32 Å². The molecular formula is C23H23FN4OS. The van der Waals surface area contributed by atoms with Gasteiger partial charge in [0.1, 0.15) is 10.6 Å². The summed E-state index contributed by atoms with van der Waals surface area (Å²) in [6.07, 6.45) is 4.86. The molecule has 5 nitrogen and oxygen atoms in total. The minimum absolute atomic E-state index is 0.0454. The van der Waals surface area contributed by atoms with Crippen LogP contribution in [0.5, 0.6) is 0 Å². The number of fused-ring (bicyclic) bond motifs is 2. The molecule has 0 unspecified atom stereocenters. The summed E-state index contributed by atoms with van der Waals surface area (Å²) in [7, 11) is 3.67. The second-order valence-corrected chi connectivity index (χ2v) is 8.93. The van der Waals surface area contributed by atoms with E-state index in [2.05, 4.69) is 32.0 Å². The van der Waals surface area contributed by atoms with Crippen molar-refractivity contribution in [3.05, 3.63) is 64.5 Å². The van der Waals surface area contributed by atoms with Gasteiger partial charge >= 0.3 is 0 Å². The number of likely N-dealkylation sites (tertiary alicyclic amines) is 1. The number of hydrogen-bond donors (Lipinski definition) is 1. The zero-order chi connectivity index (χ0) is 20.8. The van der Waals surface area contributed by atoms with E-state index in [1.165, 1.54) is 17.4 Å². The smallest absolute Gasteiger partial charge is 0.261 e. The highest BCUT2D eigenvalue weighted by Crippen LogP contribution is 2.40. The lowest BCUT2D eigenvalue weighted by Gasteiger charge is -2.16. The van der Waals surface area contributed by atoms with Gasteiger partial charge in [0.2, 0.25) is 0 Å². The molecule has 0 radical (unpaired) electrons. The molecular weight excluding hydrogens is 399 g/mol. The standard InChI is InChI=1S/C23H23FN4OS/c1-25-22(29)21-20(17-4-3-8-26-23(17)30-21)14-7-9-28(12-14)13-15-11-27(2)19-6-5-16(24)10-18(15)19/h3-6,8,10-11,14H,7,9,12-13H2,1-2H3,(H,25,29)/t14-/m0/s1. The molecule has 7 heteroatoms. The maximum atomic E-state index is 13.8. The summed E-state index contributed by atoms with van der Waals surface area (Å²) in [5, 5.41) is 4.83. The number of aromatic nitrogens is 2. The van der Waals surface area contributed by atoms with Crippen molar-refractivity contribution in [1.29, 1.82) is 0 Å². The maximum absolute atomic E-state index is 13.8. The number of halogens is 1. The van der Waals surface area contributed by atoms with Crippen molar-refractivity contribution >= 4 is 38.4 Å². The van der Waals surface area contributed by atoms with Crippen LogP contribution in [-0.2, 0) is 13.6 Å². The maximum Gasteiger partial charge on any atom is 0.261 e. The molecule has 4 heterocycles. The number of nitrogens with zero attached hydrogens (tertiary/aromatic N) is 3. The topological polar surface area (TPSA) is 50.2 Å². The summed E-state index contributed by atoms with van der Waals surface area (Å²) in [6, 6.07) is 8.97. The van der Waals surface area contributed by atoms with Gasteiger partial charge in [0, 0.05) is 61.8 Å². The van der Waals surface area contributed by atoms with E-state index in [0.29, 0.717) is 0 Å². The first-order valence-electron chi connectivity index (χ1n) is 10.1. The molecule has 0 saturated carbocycles. The van der Waals surface area contributed by atoms with Crippen LogP contribution in [0.2, 0.25) is 0 Å². The van der Waals surface area contributed by atoms with Gasteiger partial charge in [-0.1, -0.05) is 6.07 Å². The first kappa shape index (κ1) is 19.2. The summed E-state index contributed by atoms with van der Waals surface area (Å²) >= 11 is 1.47. The number of thiophene rings is 1. The Labute approximate surface area is 178 Å². The molecule has 30 heavy (non-hydrogen) atoms. The lowest BCUT2D eigenvalue weighted by molar-refractivity contribution is 0.0966. The Morgan fingerprint density at radius 2 is 2.20 bits per heavy atom. The fourth-order valence-electron chi connectivity index (χ4n) is 4.66. The second-order valence-electron chi connectivity index (χ2n) is 7.93. The molecule has 1 amide bonds. The zero-order valence-corrected chi connectivity index (χ0v) is 17.8. The van der Waals surface area contributed by atoms with Gasteiger partial charge in [-0.3, -0.25) is 9.69 Å². The lowest BCUT2D eigenvalue weighted by Crippen LogP contribution is -2.21. The van der Waals surface area contributed by atoms with E-state index >= 15 is 0 Å². The molecule has 3 aromatic heterocycles. The Morgan fingerprint density at radius 1 is 1.33 bits per heavy atom. The first-order valence-corrected chi connectivity index (χ1v) is 10.9. The van der Waals surface area contributed by atoms with Crippen LogP contribution in [0, 0.1) is 5.82 Å². The monoisotopic (exact) mass is 422 g/mol. The molecule has 1 fully saturated rings. The van der Waals surface area contributed by atoms with Gasteiger partial charge in [0.15, 0.2) is 0 Å². The van der Waals surface area contributed by atoms with Crippen molar-refractivity contribution in [3.8, 4) is 0 Å². The van der Waals surface area contributed by atoms with Crippen molar-refractivity contribution in [2.45, 2.75) is 18.9 Å². The third-order valence-corrected chi connectivity index (χ3v) is 7.17. The number of amides is 1. The SMILES string of the molecule is CNC(=O)c1sc2ncccc2c1[C@H]1CCN(Cc2cn(C)c3ccc(F)cc23)C1. The van der Waals surface area contributed by atoms with Gasteiger partial charge < -0.3 is 9.88 Å². The lowest BCUT2D eigenvalue weighted by atomic mass is 9.95. The van der Waals surface area contributed by atoms with Crippen LogP contribution in [0.15, 0.2) is 42.7 Å². The number of carbonyl (C=O) groups is 1. The van der Waals surface area contributed by atoms with Gasteiger partial charge in [0.25, 0.3) is 5.91 Å². The Morgan fingerprint density at radius 3 is 3.03 bits per heavy atom. The summed E-state index contributed by atoms with van der Waals surface area (Å²) in [6.45, 7) is 2.59. The number of aryl methyl sites for hydroxylation is 1. The van der Waals surface area contributed by atoms with E-state index in [0.717, 1.165) is 63.2 Å². The normalized spacial score (nSPS) is 17.2. The molecule has 1 aliphatic heterocycles. The minimum atomic E-state index is -0.207. The van der Waals surface area contributed by atoms with Crippen molar-refractivity contribution < 1.29 is 9.18 Å². The van der Waals surface area contributed by atoms with Crippen molar-refractivity contribution in [1.82, 2.24) is 19.8 Å². The van der Waals surface area contributed by atoms with E-state index in [-0.39, 0.29) is 17.6 Å². The van der Waals surface area contributed by atoms with E-state index < -0.39 is 0 Å². The molecule has 1 N–H and O–H groups in total. The van der Waals surface area contributed by atoms with Crippen LogP contribution in [0.25, 0.3) is 21.1 Å². The molecule has 5 rings (SSSR count). The van der Waals surface area contributed by atoms with Crippen molar-refractivity contribution in [2.24, 2.45) is 7.05 Å². The fourth-order valence-corrected chi connectivity index (χ4v) is 5.84. The predicted molar refractivity (Wildman–Crippen MR) is 119 cm³/mol. The first-order chi connectivity index (χ1) is 14.5. The number of carbonyl (C=O) groups excluding carboxylic acids is 1. The highest BCUT2D eigenvalue weighted by molar-refractivity contribution is 7.20.